The van der Waals surface area contributed by atoms with Gasteiger partial charge in [-0.1, -0.05) is 0 Å². The number of methoxy groups -OCH3 is 1. The number of amides is 1. The Labute approximate surface area is 112 Å². The molecule has 4 nitrogen and oxygen atoms in total. The van der Waals surface area contributed by atoms with Crippen LogP contribution in [0.2, 0.25) is 0 Å². The molecule has 1 aromatic rings. The molecule has 0 aromatic heterocycles. The molecule has 0 aliphatic rings. The van der Waals surface area contributed by atoms with Crippen molar-refractivity contribution in [3.8, 4) is 5.75 Å². The van der Waals surface area contributed by atoms with Gasteiger partial charge in [0.05, 0.1) is 19.2 Å². The summed E-state index contributed by atoms with van der Waals surface area (Å²) in [7, 11) is 1.50. The van der Waals surface area contributed by atoms with Crippen LogP contribution >= 0.6 is 12.4 Å². The van der Waals surface area contributed by atoms with E-state index in [1.165, 1.54) is 25.3 Å². The zero-order valence-electron chi connectivity index (χ0n) is 10.6. The summed E-state index contributed by atoms with van der Waals surface area (Å²) in [5.74, 6) is -0.129. The van der Waals surface area contributed by atoms with E-state index in [2.05, 4.69) is 5.32 Å². The largest absolute Gasteiger partial charge is 0.496 e. The van der Waals surface area contributed by atoms with Gasteiger partial charge in [-0.15, -0.1) is 12.4 Å². The fourth-order valence-electron chi connectivity index (χ4n) is 1.47. The minimum Gasteiger partial charge on any atom is -0.496 e. The first-order valence-electron chi connectivity index (χ1n) is 5.35. The number of nitrogens with two attached hydrogens (primary N) is 1. The van der Waals surface area contributed by atoms with E-state index in [9.17, 15) is 9.18 Å². The van der Waals surface area contributed by atoms with Crippen molar-refractivity contribution >= 4 is 18.3 Å². The molecule has 0 aliphatic heterocycles. The van der Waals surface area contributed by atoms with Crippen LogP contribution in [0.1, 0.15) is 25.5 Å². The van der Waals surface area contributed by atoms with Gasteiger partial charge in [0, 0.05) is 5.56 Å². The predicted molar refractivity (Wildman–Crippen MR) is 70.4 cm³/mol. The van der Waals surface area contributed by atoms with E-state index in [-0.39, 0.29) is 30.2 Å². The van der Waals surface area contributed by atoms with Crippen molar-refractivity contribution in [2.75, 3.05) is 7.11 Å². The summed E-state index contributed by atoms with van der Waals surface area (Å²) in [5.41, 5.74) is 6.03. The maximum atomic E-state index is 13.1. The van der Waals surface area contributed by atoms with Crippen molar-refractivity contribution in [1.29, 1.82) is 0 Å². The van der Waals surface area contributed by atoms with E-state index < -0.39 is 6.04 Å². The highest BCUT2D eigenvalue weighted by Crippen LogP contribution is 2.25. The van der Waals surface area contributed by atoms with E-state index in [1.54, 1.807) is 13.8 Å². The second-order valence-electron chi connectivity index (χ2n) is 3.91. The molecular weight excluding hydrogens is 259 g/mol. The Morgan fingerprint density at radius 2 is 2.06 bits per heavy atom. The van der Waals surface area contributed by atoms with Crippen LogP contribution in [0.25, 0.3) is 0 Å². The molecule has 3 N–H and O–H groups in total. The Morgan fingerprint density at radius 1 is 1.44 bits per heavy atom. The lowest BCUT2D eigenvalue weighted by atomic mass is 10.1. The zero-order chi connectivity index (χ0) is 13.0. The van der Waals surface area contributed by atoms with Crippen molar-refractivity contribution in [1.82, 2.24) is 5.32 Å². The molecule has 0 aliphatic carbocycles. The summed E-state index contributed by atoms with van der Waals surface area (Å²) >= 11 is 0. The lowest BCUT2D eigenvalue weighted by Crippen LogP contribution is -2.39. The van der Waals surface area contributed by atoms with E-state index in [1.807, 2.05) is 0 Å². The highest BCUT2D eigenvalue weighted by molar-refractivity contribution is 5.85. The van der Waals surface area contributed by atoms with E-state index in [0.717, 1.165) is 0 Å². The average molecular weight is 277 g/mol. The third-order valence-corrected chi connectivity index (χ3v) is 2.43. The van der Waals surface area contributed by atoms with Crippen LogP contribution in [0.4, 0.5) is 4.39 Å². The number of halogens is 2. The summed E-state index contributed by atoms with van der Waals surface area (Å²) in [5, 5.41) is 2.69. The van der Waals surface area contributed by atoms with Gasteiger partial charge in [0.1, 0.15) is 11.6 Å². The Hall–Kier alpha value is -1.33. The van der Waals surface area contributed by atoms with Crippen molar-refractivity contribution in [3.05, 3.63) is 29.6 Å². The molecular formula is C12H18ClFN2O2. The lowest BCUT2D eigenvalue weighted by Gasteiger charge is -2.18. The Bertz CT molecular complexity index is 413. The minimum absolute atomic E-state index is 0. The van der Waals surface area contributed by atoms with E-state index in [4.69, 9.17) is 10.5 Å². The summed E-state index contributed by atoms with van der Waals surface area (Å²) in [6.45, 7) is 3.34. The van der Waals surface area contributed by atoms with Gasteiger partial charge in [-0.25, -0.2) is 4.39 Å². The SMILES string of the molecule is COc1ccc(F)cc1C(C)NC(=O)C(C)N.Cl. The molecule has 0 radical (unpaired) electrons. The smallest absolute Gasteiger partial charge is 0.237 e. The summed E-state index contributed by atoms with van der Waals surface area (Å²) in [6.07, 6.45) is 0. The van der Waals surface area contributed by atoms with Gasteiger partial charge in [-0.05, 0) is 32.0 Å². The second-order valence-corrected chi connectivity index (χ2v) is 3.91. The Kier molecular flexibility index (Phi) is 6.65. The number of rotatable bonds is 4. The van der Waals surface area contributed by atoms with Gasteiger partial charge in [0.2, 0.25) is 5.91 Å². The van der Waals surface area contributed by atoms with Gasteiger partial charge in [0.25, 0.3) is 0 Å². The summed E-state index contributed by atoms with van der Waals surface area (Å²) in [4.78, 5) is 11.4. The average Bonchev–Trinajstić information content (AvgIpc) is 2.28. The monoisotopic (exact) mass is 276 g/mol. The number of hydrogen-bond acceptors (Lipinski definition) is 3. The highest BCUT2D eigenvalue weighted by Gasteiger charge is 2.16. The van der Waals surface area contributed by atoms with Gasteiger partial charge in [-0.3, -0.25) is 4.79 Å². The highest BCUT2D eigenvalue weighted by atomic mass is 35.5. The van der Waals surface area contributed by atoms with E-state index >= 15 is 0 Å². The zero-order valence-corrected chi connectivity index (χ0v) is 11.4. The maximum Gasteiger partial charge on any atom is 0.237 e. The maximum absolute atomic E-state index is 13.1. The first-order chi connectivity index (χ1) is 7.95. The van der Waals surface area contributed by atoms with Crippen LogP contribution in [0.5, 0.6) is 5.75 Å². The molecule has 1 amide bonds. The van der Waals surface area contributed by atoms with Crippen LogP contribution in [-0.4, -0.2) is 19.1 Å². The lowest BCUT2D eigenvalue weighted by molar-refractivity contribution is -0.122. The molecule has 1 aromatic carbocycles. The molecule has 0 saturated carbocycles. The molecule has 102 valence electrons. The Morgan fingerprint density at radius 3 is 2.56 bits per heavy atom. The van der Waals surface area contributed by atoms with Crippen LogP contribution in [0, 0.1) is 5.82 Å². The van der Waals surface area contributed by atoms with Gasteiger partial charge in [0.15, 0.2) is 0 Å². The van der Waals surface area contributed by atoms with Crippen molar-refractivity contribution < 1.29 is 13.9 Å². The van der Waals surface area contributed by atoms with Crippen LogP contribution in [-0.2, 0) is 4.79 Å². The third kappa shape index (κ3) is 4.16. The number of ether oxygens (including phenoxy) is 1. The second kappa shape index (κ2) is 7.18. The molecule has 6 heteroatoms. The third-order valence-electron chi connectivity index (χ3n) is 2.43. The molecule has 0 heterocycles. The molecule has 2 atom stereocenters. The number of nitrogens with one attached hydrogen (secondary N) is 1. The molecule has 1 rings (SSSR count). The molecule has 0 spiro atoms. The number of hydrogen-bond donors (Lipinski definition) is 2. The van der Waals surface area contributed by atoms with Gasteiger partial charge >= 0.3 is 0 Å². The van der Waals surface area contributed by atoms with Crippen molar-refractivity contribution in [3.63, 3.8) is 0 Å². The van der Waals surface area contributed by atoms with Crippen LogP contribution in [0.3, 0.4) is 0 Å². The minimum atomic E-state index is -0.600. The molecule has 18 heavy (non-hydrogen) atoms. The number of carbonyl (C=O) groups is 1. The van der Waals surface area contributed by atoms with Gasteiger partial charge in [-0.2, -0.15) is 0 Å². The standard InChI is InChI=1S/C12H17FN2O2.ClH/c1-7(14)12(16)15-8(2)10-6-9(13)4-5-11(10)17-3;/h4-8H,14H2,1-3H3,(H,15,16);1H. The van der Waals surface area contributed by atoms with Crippen molar-refractivity contribution in [2.24, 2.45) is 5.73 Å². The molecule has 2 unspecified atom stereocenters. The molecule has 0 fully saturated rings. The predicted octanol–water partition coefficient (Wildman–Crippen LogP) is 1.78. The van der Waals surface area contributed by atoms with Crippen LogP contribution in [0.15, 0.2) is 18.2 Å². The van der Waals surface area contributed by atoms with Crippen LogP contribution < -0.4 is 15.8 Å². The topological polar surface area (TPSA) is 64.3 Å². The first kappa shape index (κ1) is 16.7. The van der Waals surface area contributed by atoms with Gasteiger partial charge < -0.3 is 15.8 Å². The molecule has 0 bridgehead atoms. The fourth-order valence-corrected chi connectivity index (χ4v) is 1.47. The number of benzene rings is 1. The molecule has 0 saturated heterocycles. The Balaban J connectivity index is 0.00000289. The first-order valence-corrected chi connectivity index (χ1v) is 5.35. The van der Waals surface area contributed by atoms with E-state index in [0.29, 0.717) is 11.3 Å². The number of carbonyl (C=O) groups excluding carboxylic acids is 1. The quantitative estimate of drug-likeness (QED) is 0.881. The van der Waals surface area contributed by atoms with Crippen molar-refractivity contribution in [2.45, 2.75) is 25.9 Å². The summed E-state index contributed by atoms with van der Waals surface area (Å²) in [6, 6.07) is 3.21. The fraction of sp³-hybridized carbons (Fsp3) is 0.417. The summed E-state index contributed by atoms with van der Waals surface area (Å²) < 4.78 is 18.3. The normalized spacial score (nSPS) is 13.2.